The Kier molecular flexibility index (Phi) is 7.57. The summed E-state index contributed by atoms with van der Waals surface area (Å²) in [6.45, 7) is 0.603. The van der Waals surface area contributed by atoms with Gasteiger partial charge in [-0.1, -0.05) is 12.1 Å². The number of hydrogen-bond acceptors (Lipinski definition) is 4. The molecule has 110 valence electrons. The second-order valence-electron chi connectivity index (χ2n) is 4.22. The lowest BCUT2D eigenvalue weighted by Gasteiger charge is -2.06. The van der Waals surface area contributed by atoms with Gasteiger partial charge in [-0.3, -0.25) is 9.59 Å². The van der Waals surface area contributed by atoms with Crippen LogP contribution >= 0.6 is 11.8 Å². The number of carbonyl (C=O) groups is 2. The lowest BCUT2D eigenvalue weighted by molar-refractivity contribution is -0.120. The molecule has 0 heterocycles. The summed E-state index contributed by atoms with van der Waals surface area (Å²) in [4.78, 5) is 22.0. The lowest BCUT2D eigenvalue weighted by atomic mass is 10.1. The van der Waals surface area contributed by atoms with Crippen molar-refractivity contribution in [3.8, 4) is 5.75 Å². The Hall–Kier alpha value is -1.69. The van der Waals surface area contributed by atoms with E-state index >= 15 is 0 Å². The lowest BCUT2D eigenvalue weighted by Crippen LogP contribution is -2.26. The van der Waals surface area contributed by atoms with E-state index in [1.165, 1.54) is 11.8 Å². The van der Waals surface area contributed by atoms with E-state index < -0.39 is 0 Å². The highest BCUT2D eigenvalue weighted by Gasteiger charge is 2.02. The summed E-state index contributed by atoms with van der Waals surface area (Å²) in [5.41, 5.74) is 6.15. The van der Waals surface area contributed by atoms with Crippen LogP contribution in [0, 0.1) is 0 Å². The molecule has 20 heavy (non-hydrogen) atoms. The molecular weight excluding hydrogens is 276 g/mol. The van der Waals surface area contributed by atoms with Crippen molar-refractivity contribution in [1.82, 2.24) is 5.32 Å². The van der Waals surface area contributed by atoms with Crippen LogP contribution in [0.5, 0.6) is 5.75 Å². The summed E-state index contributed by atoms with van der Waals surface area (Å²) in [5.74, 6) is 1.34. The van der Waals surface area contributed by atoms with E-state index in [0.29, 0.717) is 18.7 Å². The van der Waals surface area contributed by atoms with E-state index in [1.54, 1.807) is 7.11 Å². The number of carbonyl (C=O) groups excluding carboxylic acids is 2. The monoisotopic (exact) mass is 296 g/mol. The molecule has 1 aromatic carbocycles. The van der Waals surface area contributed by atoms with Gasteiger partial charge in [0, 0.05) is 18.7 Å². The Labute approximate surface area is 123 Å². The number of hydrogen-bond donors (Lipinski definition) is 2. The van der Waals surface area contributed by atoms with Crippen molar-refractivity contribution < 1.29 is 14.3 Å². The van der Waals surface area contributed by atoms with E-state index in [-0.39, 0.29) is 17.6 Å². The van der Waals surface area contributed by atoms with Gasteiger partial charge in [0.15, 0.2) is 0 Å². The summed E-state index contributed by atoms with van der Waals surface area (Å²) in [6, 6.07) is 7.76. The average molecular weight is 296 g/mol. The number of nitrogens with one attached hydrogen (secondary N) is 1. The first-order chi connectivity index (χ1) is 9.61. The Morgan fingerprint density at radius 2 is 2.00 bits per heavy atom. The van der Waals surface area contributed by atoms with Crippen molar-refractivity contribution in [1.29, 1.82) is 0 Å². The van der Waals surface area contributed by atoms with Gasteiger partial charge in [0.25, 0.3) is 0 Å². The number of ether oxygens (including phenoxy) is 1. The topological polar surface area (TPSA) is 81.4 Å². The molecular formula is C14H20N2O3S. The van der Waals surface area contributed by atoms with Gasteiger partial charge in [-0.2, -0.15) is 11.8 Å². The first-order valence-electron chi connectivity index (χ1n) is 6.37. The standard InChI is InChI=1S/C14H20N2O3S/c1-19-12-4-2-11(3-5-12)6-8-16-14(18)7-9-20-10-13(15)17/h2-5H,6-10H2,1H3,(H2,15,17)(H,16,18). The third-order valence-corrected chi connectivity index (χ3v) is 3.59. The van der Waals surface area contributed by atoms with Gasteiger partial charge >= 0.3 is 0 Å². The first-order valence-corrected chi connectivity index (χ1v) is 7.53. The number of rotatable bonds is 9. The summed E-state index contributed by atoms with van der Waals surface area (Å²) < 4.78 is 5.08. The highest BCUT2D eigenvalue weighted by atomic mass is 32.2. The van der Waals surface area contributed by atoms with E-state index in [1.807, 2.05) is 24.3 Å². The number of methoxy groups -OCH3 is 1. The molecule has 0 fully saturated rings. The number of nitrogens with two attached hydrogens (primary N) is 1. The molecule has 5 nitrogen and oxygen atoms in total. The fourth-order valence-electron chi connectivity index (χ4n) is 1.56. The zero-order valence-electron chi connectivity index (χ0n) is 11.6. The van der Waals surface area contributed by atoms with Crippen LogP contribution in [0.1, 0.15) is 12.0 Å². The summed E-state index contributed by atoms with van der Waals surface area (Å²) >= 11 is 1.37. The Morgan fingerprint density at radius 1 is 1.30 bits per heavy atom. The van der Waals surface area contributed by atoms with Gasteiger partial charge in [-0.05, 0) is 24.1 Å². The molecule has 0 aromatic heterocycles. The maximum atomic E-state index is 11.5. The van der Waals surface area contributed by atoms with E-state index in [0.717, 1.165) is 17.7 Å². The highest BCUT2D eigenvalue weighted by Crippen LogP contribution is 2.11. The molecule has 0 saturated heterocycles. The van der Waals surface area contributed by atoms with Crippen LogP contribution < -0.4 is 15.8 Å². The van der Waals surface area contributed by atoms with Crippen LogP contribution in [-0.2, 0) is 16.0 Å². The van der Waals surface area contributed by atoms with Crippen LogP contribution in [-0.4, -0.2) is 37.0 Å². The maximum absolute atomic E-state index is 11.5. The van der Waals surface area contributed by atoms with Gasteiger partial charge < -0.3 is 15.8 Å². The summed E-state index contributed by atoms with van der Waals surface area (Å²) in [5, 5.41) is 2.85. The molecule has 0 bridgehead atoms. The van der Waals surface area contributed by atoms with Crippen LogP contribution in [0.15, 0.2) is 24.3 Å². The SMILES string of the molecule is COc1ccc(CCNC(=O)CCSCC(N)=O)cc1. The van der Waals surface area contributed by atoms with Crippen molar-refractivity contribution in [3.63, 3.8) is 0 Å². The Balaban J connectivity index is 2.13. The second-order valence-corrected chi connectivity index (χ2v) is 5.32. The van der Waals surface area contributed by atoms with Gasteiger partial charge in [-0.25, -0.2) is 0 Å². The van der Waals surface area contributed by atoms with Gasteiger partial charge in [0.2, 0.25) is 11.8 Å². The maximum Gasteiger partial charge on any atom is 0.227 e. The molecule has 0 aliphatic carbocycles. The van der Waals surface area contributed by atoms with Crippen LogP contribution in [0.2, 0.25) is 0 Å². The van der Waals surface area contributed by atoms with Crippen LogP contribution in [0.4, 0.5) is 0 Å². The minimum Gasteiger partial charge on any atom is -0.497 e. The summed E-state index contributed by atoms with van der Waals surface area (Å²) in [6.07, 6.45) is 1.19. The van der Waals surface area contributed by atoms with Crippen molar-refractivity contribution in [3.05, 3.63) is 29.8 Å². The molecule has 0 spiro atoms. The number of thioether (sulfide) groups is 1. The fraction of sp³-hybridized carbons (Fsp3) is 0.429. The third kappa shape index (κ3) is 7.04. The normalized spacial score (nSPS) is 10.1. The smallest absolute Gasteiger partial charge is 0.227 e. The number of benzene rings is 1. The molecule has 2 amide bonds. The molecule has 0 aliphatic rings. The molecule has 0 unspecified atom stereocenters. The summed E-state index contributed by atoms with van der Waals surface area (Å²) in [7, 11) is 1.63. The number of amides is 2. The second kappa shape index (κ2) is 9.25. The minimum atomic E-state index is -0.352. The molecule has 6 heteroatoms. The van der Waals surface area contributed by atoms with Crippen molar-refractivity contribution >= 4 is 23.6 Å². The Morgan fingerprint density at radius 3 is 2.60 bits per heavy atom. The quantitative estimate of drug-likeness (QED) is 0.665. The van der Waals surface area contributed by atoms with Crippen molar-refractivity contribution in [2.75, 3.05) is 25.2 Å². The molecule has 1 rings (SSSR count). The van der Waals surface area contributed by atoms with E-state index in [2.05, 4.69) is 5.32 Å². The number of primary amides is 1. The molecule has 0 saturated carbocycles. The third-order valence-electron chi connectivity index (χ3n) is 2.61. The molecule has 0 aliphatic heterocycles. The Bertz CT molecular complexity index is 435. The van der Waals surface area contributed by atoms with E-state index in [9.17, 15) is 9.59 Å². The molecule has 0 atom stereocenters. The highest BCUT2D eigenvalue weighted by molar-refractivity contribution is 7.99. The van der Waals surface area contributed by atoms with Crippen LogP contribution in [0.3, 0.4) is 0 Å². The minimum absolute atomic E-state index is 0.00418. The first kappa shape index (κ1) is 16.4. The van der Waals surface area contributed by atoms with Crippen molar-refractivity contribution in [2.24, 2.45) is 5.73 Å². The van der Waals surface area contributed by atoms with E-state index in [4.69, 9.17) is 10.5 Å². The van der Waals surface area contributed by atoms with Gasteiger partial charge in [-0.15, -0.1) is 0 Å². The van der Waals surface area contributed by atoms with Crippen LogP contribution in [0.25, 0.3) is 0 Å². The average Bonchev–Trinajstić information content (AvgIpc) is 2.44. The van der Waals surface area contributed by atoms with Gasteiger partial charge in [0.05, 0.1) is 12.9 Å². The zero-order chi connectivity index (χ0) is 14.8. The fourth-order valence-corrected chi connectivity index (χ4v) is 2.24. The molecule has 3 N–H and O–H groups in total. The van der Waals surface area contributed by atoms with Crippen molar-refractivity contribution in [2.45, 2.75) is 12.8 Å². The molecule has 1 aromatic rings. The predicted octanol–water partition coefficient (Wildman–Crippen LogP) is 0.962. The predicted molar refractivity (Wildman–Crippen MR) is 80.8 cm³/mol. The van der Waals surface area contributed by atoms with Gasteiger partial charge in [0.1, 0.15) is 5.75 Å². The molecule has 0 radical (unpaired) electrons. The largest absolute Gasteiger partial charge is 0.497 e. The zero-order valence-corrected chi connectivity index (χ0v) is 12.4.